The Hall–Kier alpha value is -1.46. The Balaban J connectivity index is 2.43. The van der Waals surface area contributed by atoms with Gasteiger partial charge in [-0.3, -0.25) is 0 Å². The van der Waals surface area contributed by atoms with E-state index in [1.165, 1.54) is 0 Å². The Morgan fingerprint density at radius 3 is 2.59 bits per heavy atom. The SMILES string of the molecule is CC(O)(COCc1ccccc1)C(F)C(=O)O. The highest BCUT2D eigenvalue weighted by Gasteiger charge is 2.38. The van der Waals surface area contributed by atoms with E-state index in [0.717, 1.165) is 12.5 Å². The van der Waals surface area contributed by atoms with Crippen LogP contribution in [0.4, 0.5) is 4.39 Å². The van der Waals surface area contributed by atoms with Crippen LogP contribution in [0, 0.1) is 0 Å². The largest absolute Gasteiger partial charge is 0.479 e. The third-order valence-corrected chi connectivity index (χ3v) is 2.27. The van der Waals surface area contributed by atoms with E-state index in [4.69, 9.17) is 9.84 Å². The molecule has 0 radical (unpaired) electrons. The molecule has 0 aromatic heterocycles. The number of hydrogen-bond acceptors (Lipinski definition) is 3. The van der Waals surface area contributed by atoms with Gasteiger partial charge < -0.3 is 14.9 Å². The molecule has 0 saturated heterocycles. The van der Waals surface area contributed by atoms with Crippen molar-refractivity contribution >= 4 is 5.97 Å². The van der Waals surface area contributed by atoms with Gasteiger partial charge in [0.2, 0.25) is 6.17 Å². The van der Waals surface area contributed by atoms with Gasteiger partial charge in [0, 0.05) is 0 Å². The molecule has 1 rings (SSSR count). The smallest absolute Gasteiger partial charge is 0.341 e. The molecule has 0 aliphatic heterocycles. The number of carboxylic acids is 1. The molecule has 4 nitrogen and oxygen atoms in total. The van der Waals surface area contributed by atoms with Gasteiger partial charge >= 0.3 is 5.97 Å². The predicted molar refractivity (Wildman–Crippen MR) is 59.3 cm³/mol. The lowest BCUT2D eigenvalue weighted by atomic mass is 10.0. The Morgan fingerprint density at radius 1 is 1.47 bits per heavy atom. The average molecular weight is 242 g/mol. The first-order chi connectivity index (χ1) is 7.93. The van der Waals surface area contributed by atoms with E-state index in [2.05, 4.69) is 0 Å². The Bertz CT molecular complexity index is 364. The number of benzene rings is 1. The molecule has 0 saturated carbocycles. The maximum absolute atomic E-state index is 13.1. The molecular formula is C12H15FO4. The molecule has 0 fully saturated rings. The number of rotatable bonds is 6. The maximum atomic E-state index is 13.1. The van der Waals surface area contributed by atoms with Crippen LogP contribution in [-0.2, 0) is 16.1 Å². The minimum Gasteiger partial charge on any atom is -0.479 e. The quantitative estimate of drug-likeness (QED) is 0.790. The van der Waals surface area contributed by atoms with E-state index in [1.54, 1.807) is 0 Å². The summed E-state index contributed by atoms with van der Waals surface area (Å²) < 4.78 is 18.2. The molecule has 2 unspecified atom stereocenters. The van der Waals surface area contributed by atoms with Crippen LogP contribution in [0.2, 0.25) is 0 Å². The lowest BCUT2D eigenvalue weighted by Gasteiger charge is -2.24. The molecule has 5 heteroatoms. The van der Waals surface area contributed by atoms with Crippen LogP contribution in [0.1, 0.15) is 12.5 Å². The average Bonchev–Trinajstić information content (AvgIpc) is 2.29. The minimum atomic E-state index is -2.36. The van der Waals surface area contributed by atoms with Crippen LogP contribution < -0.4 is 0 Å². The van der Waals surface area contributed by atoms with Gasteiger partial charge in [-0.05, 0) is 12.5 Å². The maximum Gasteiger partial charge on any atom is 0.341 e. The normalized spacial score (nSPS) is 16.2. The molecule has 1 aromatic carbocycles. The number of ether oxygens (including phenoxy) is 1. The van der Waals surface area contributed by atoms with E-state index in [1.807, 2.05) is 30.3 Å². The fraction of sp³-hybridized carbons (Fsp3) is 0.417. The van der Waals surface area contributed by atoms with Crippen molar-refractivity contribution in [3.8, 4) is 0 Å². The first-order valence-electron chi connectivity index (χ1n) is 5.14. The van der Waals surface area contributed by atoms with Crippen molar-refractivity contribution in [2.45, 2.75) is 25.3 Å². The van der Waals surface area contributed by atoms with Crippen LogP contribution in [-0.4, -0.2) is 34.6 Å². The third kappa shape index (κ3) is 4.13. The summed E-state index contributed by atoms with van der Waals surface area (Å²) in [5, 5.41) is 18.0. The fourth-order valence-corrected chi connectivity index (χ4v) is 1.29. The van der Waals surface area contributed by atoms with Gasteiger partial charge in [-0.15, -0.1) is 0 Å². The van der Waals surface area contributed by atoms with Gasteiger partial charge in [-0.1, -0.05) is 30.3 Å². The molecule has 0 bridgehead atoms. The summed E-state index contributed by atoms with van der Waals surface area (Å²) in [7, 11) is 0. The molecular weight excluding hydrogens is 227 g/mol. The van der Waals surface area contributed by atoms with E-state index in [9.17, 15) is 14.3 Å². The summed E-state index contributed by atoms with van der Waals surface area (Å²) in [6.45, 7) is 0.912. The molecule has 0 aliphatic rings. The lowest BCUT2D eigenvalue weighted by Crippen LogP contribution is -2.45. The number of aliphatic hydroxyl groups is 1. The van der Waals surface area contributed by atoms with Gasteiger partial charge in [-0.2, -0.15) is 0 Å². The monoisotopic (exact) mass is 242 g/mol. The second-order valence-electron chi connectivity index (χ2n) is 4.04. The molecule has 17 heavy (non-hydrogen) atoms. The van der Waals surface area contributed by atoms with Gasteiger partial charge in [0.15, 0.2) is 0 Å². The van der Waals surface area contributed by atoms with E-state index in [0.29, 0.717) is 0 Å². The van der Waals surface area contributed by atoms with Crippen LogP contribution in [0.3, 0.4) is 0 Å². The molecule has 2 N–H and O–H groups in total. The van der Waals surface area contributed by atoms with Crippen molar-refractivity contribution in [3.63, 3.8) is 0 Å². The molecule has 0 amide bonds. The first-order valence-corrected chi connectivity index (χ1v) is 5.14. The highest BCUT2D eigenvalue weighted by atomic mass is 19.1. The topological polar surface area (TPSA) is 66.8 Å². The number of alkyl halides is 1. The molecule has 0 heterocycles. The summed E-state index contributed by atoms with van der Waals surface area (Å²) in [6.07, 6.45) is -2.36. The summed E-state index contributed by atoms with van der Waals surface area (Å²) in [6, 6.07) is 9.14. The van der Waals surface area contributed by atoms with Crippen molar-refractivity contribution in [3.05, 3.63) is 35.9 Å². The zero-order valence-corrected chi connectivity index (χ0v) is 9.47. The number of aliphatic carboxylic acids is 1. The van der Waals surface area contributed by atoms with Gasteiger partial charge in [0.25, 0.3) is 0 Å². The van der Waals surface area contributed by atoms with Crippen molar-refractivity contribution < 1.29 is 24.1 Å². The number of hydrogen-bond donors (Lipinski definition) is 2. The summed E-state index contributed by atoms with van der Waals surface area (Å²) in [4.78, 5) is 10.4. The zero-order valence-electron chi connectivity index (χ0n) is 9.47. The Morgan fingerprint density at radius 2 is 2.06 bits per heavy atom. The molecule has 0 spiro atoms. The van der Waals surface area contributed by atoms with Crippen molar-refractivity contribution in [2.24, 2.45) is 0 Å². The van der Waals surface area contributed by atoms with Crippen LogP contribution >= 0.6 is 0 Å². The van der Waals surface area contributed by atoms with Gasteiger partial charge in [-0.25, -0.2) is 9.18 Å². The Kier molecular flexibility index (Phi) is 4.60. The van der Waals surface area contributed by atoms with E-state index >= 15 is 0 Å². The van der Waals surface area contributed by atoms with Crippen molar-refractivity contribution in [1.82, 2.24) is 0 Å². The van der Waals surface area contributed by atoms with E-state index < -0.39 is 17.7 Å². The summed E-state index contributed by atoms with van der Waals surface area (Å²) in [5.74, 6) is -1.70. The summed E-state index contributed by atoms with van der Waals surface area (Å²) >= 11 is 0. The predicted octanol–water partition coefficient (Wildman–Crippen LogP) is 1.38. The number of carbonyl (C=O) groups is 1. The lowest BCUT2D eigenvalue weighted by molar-refractivity contribution is -0.158. The van der Waals surface area contributed by atoms with Crippen molar-refractivity contribution in [2.75, 3.05) is 6.61 Å². The van der Waals surface area contributed by atoms with Crippen molar-refractivity contribution in [1.29, 1.82) is 0 Å². The number of carboxylic acid groups (broad SMARTS) is 1. The fourth-order valence-electron chi connectivity index (χ4n) is 1.29. The van der Waals surface area contributed by atoms with E-state index in [-0.39, 0.29) is 13.2 Å². The standard InChI is InChI=1S/C12H15FO4/c1-12(16,10(13)11(14)15)8-17-7-9-5-3-2-4-6-9/h2-6,10,16H,7-8H2,1H3,(H,14,15). The number of halogens is 1. The van der Waals surface area contributed by atoms with Crippen LogP contribution in [0.15, 0.2) is 30.3 Å². The minimum absolute atomic E-state index is 0.198. The highest BCUT2D eigenvalue weighted by Crippen LogP contribution is 2.15. The van der Waals surface area contributed by atoms with Crippen LogP contribution in [0.25, 0.3) is 0 Å². The summed E-state index contributed by atoms with van der Waals surface area (Å²) in [5.41, 5.74) is -1.16. The zero-order chi connectivity index (χ0) is 12.9. The van der Waals surface area contributed by atoms with Crippen LogP contribution in [0.5, 0.6) is 0 Å². The Labute approximate surface area is 98.7 Å². The molecule has 2 atom stereocenters. The first kappa shape index (κ1) is 13.6. The highest BCUT2D eigenvalue weighted by molar-refractivity contribution is 5.73. The second-order valence-corrected chi connectivity index (χ2v) is 4.04. The molecule has 0 aliphatic carbocycles. The molecule has 94 valence electrons. The second kappa shape index (κ2) is 5.75. The van der Waals surface area contributed by atoms with Gasteiger partial charge in [0.1, 0.15) is 5.60 Å². The van der Waals surface area contributed by atoms with Gasteiger partial charge in [0.05, 0.1) is 13.2 Å². The third-order valence-electron chi connectivity index (χ3n) is 2.27. The molecule has 1 aromatic rings.